The zero-order chi connectivity index (χ0) is 10.1. The van der Waals surface area contributed by atoms with Crippen molar-refractivity contribution in [2.24, 2.45) is 17.8 Å². The highest BCUT2D eigenvalue weighted by molar-refractivity contribution is 6.06. The first-order chi connectivity index (χ1) is 6.74. The van der Waals surface area contributed by atoms with E-state index in [2.05, 4.69) is 0 Å². The fourth-order valence-corrected chi connectivity index (χ4v) is 2.78. The molecular weight excluding hydrogens is 176 g/mol. The molecule has 2 bridgehead atoms. The zero-order valence-corrected chi connectivity index (χ0v) is 8.53. The molecule has 3 unspecified atom stereocenters. The lowest BCUT2D eigenvalue weighted by molar-refractivity contribution is -0.143. The maximum absolute atomic E-state index is 11.8. The molecule has 0 N–H and O–H groups in total. The standard InChI is InChI=1S/C12H16O2/c1-2-3-8-4-5-9-6-7-10(13)11(8)12(9)14/h2-3,8-9,11H,4-7H2,1H3/b3-2+. The zero-order valence-electron chi connectivity index (χ0n) is 8.53. The van der Waals surface area contributed by atoms with E-state index in [1.54, 1.807) is 0 Å². The molecule has 0 amide bonds. The lowest BCUT2D eigenvalue weighted by atomic mass is 9.65. The van der Waals surface area contributed by atoms with Gasteiger partial charge in [0.1, 0.15) is 11.6 Å². The van der Waals surface area contributed by atoms with E-state index in [9.17, 15) is 9.59 Å². The average Bonchev–Trinajstić information content (AvgIpc) is 2.14. The summed E-state index contributed by atoms with van der Waals surface area (Å²) in [7, 11) is 0. The number of allylic oxidation sites excluding steroid dienone is 2. The first-order valence-corrected chi connectivity index (χ1v) is 5.43. The van der Waals surface area contributed by atoms with E-state index in [1.807, 2.05) is 19.1 Å². The minimum absolute atomic E-state index is 0.175. The highest BCUT2D eigenvalue weighted by Crippen LogP contribution is 2.39. The SMILES string of the molecule is C/C=C/C1CCC2CCC(=O)C1C2=O. The summed E-state index contributed by atoms with van der Waals surface area (Å²) in [5.41, 5.74) is 0. The molecule has 2 heteroatoms. The third kappa shape index (κ3) is 1.43. The molecule has 3 atom stereocenters. The number of hydrogen-bond acceptors (Lipinski definition) is 2. The van der Waals surface area contributed by atoms with Crippen molar-refractivity contribution in [3.63, 3.8) is 0 Å². The number of fused-ring (bicyclic) bond motifs is 2. The summed E-state index contributed by atoms with van der Waals surface area (Å²) in [5.74, 6) is 0.485. The first-order valence-electron chi connectivity index (χ1n) is 5.43. The van der Waals surface area contributed by atoms with Crippen LogP contribution in [-0.2, 0) is 9.59 Å². The third-order valence-corrected chi connectivity index (χ3v) is 3.51. The minimum atomic E-state index is -0.293. The van der Waals surface area contributed by atoms with Crippen molar-refractivity contribution in [2.45, 2.75) is 32.6 Å². The van der Waals surface area contributed by atoms with Gasteiger partial charge in [-0.2, -0.15) is 0 Å². The predicted molar refractivity (Wildman–Crippen MR) is 53.8 cm³/mol. The Morgan fingerprint density at radius 2 is 2.00 bits per heavy atom. The topological polar surface area (TPSA) is 34.1 Å². The molecule has 2 rings (SSSR count). The van der Waals surface area contributed by atoms with Crippen LogP contribution in [0, 0.1) is 17.8 Å². The molecule has 2 aliphatic rings. The molecule has 0 spiro atoms. The molecule has 0 radical (unpaired) electrons. The third-order valence-electron chi connectivity index (χ3n) is 3.51. The monoisotopic (exact) mass is 192 g/mol. The van der Waals surface area contributed by atoms with Crippen LogP contribution in [0.25, 0.3) is 0 Å². The van der Waals surface area contributed by atoms with Crippen molar-refractivity contribution in [3.8, 4) is 0 Å². The van der Waals surface area contributed by atoms with E-state index in [0.717, 1.165) is 19.3 Å². The molecule has 0 saturated heterocycles. The van der Waals surface area contributed by atoms with Crippen LogP contribution >= 0.6 is 0 Å². The van der Waals surface area contributed by atoms with Gasteiger partial charge in [-0.3, -0.25) is 9.59 Å². The van der Waals surface area contributed by atoms with E-state index < -0.39 is 0 Å². The van der Waals surface area contributed by atoms with Crippen LogP contribution in [0.2, 0.25) is 0 Å². The largest absolute Gasteiger partial charge is 0.299 e. The van der Waals surface area contributed by atoms with Gasteiger partial charge in [0.25, 0.3) is 0 Å². The van der Waals surface area contributed by atoms with Crippen LogP contribution < -0.4 is 0 Å². The second-order valence-corrected chi connectivity index (χ2v) is 4.35. The van der Waals surface area contributed by atoms with Gasteiger partial charge in [0.05, 0.1) is 5.92 Å². The molecular formula is C12H16O2. The van der Waals surface area contributed by atoms with E-state index in [4.69, 9.17) is 0 Å². The number of ketones is 2. The number of Topliss-reactive ketones (excluding diaryl/α,β-unsaturated/α-hetero) is 2. The van der Waals surface area contributed by atoms with Gasteiger partial charge in [-0.05, 0) is 32.1 Å². The van der Waals surface area contributed by atoms with Gasteiger partial charge in [0.2, 0.25) is 0 Å². The van der Waals surface area contributed by atoms with Gasteiger partial charge in [-0.1, -0.05) is 12.2 Å². The highest BCUT2D eigenvalue weighted by atomic mass is 16.2. The van der Waals surface area contributed by atoms with Crippen molar-refractivity contribution in [1.82, 2.24) is 0 Å². The molecule has 0 heterocycles. The average molecular weight is 192 g/mol. The normalized spacial score (nSPS) is 37.9. The highest BCUT2D eigenvalue weighted by Gasteiger charge is 2.44. The number of hydrogen-bond donors (Lipinski definition) is 0. The van der Waals surface area contributed by atoms with Gasteiger partial charge in [-0.15, -0.1) is 0 Å². The fraction of sp³-hybridized carbons (Fsp3) is 0.667. The summed E-state index contributed by atoms with van der Waals surface area (Å²) in [6.45, 7) is 1.95. The Balaban J connectivity index is 2.24. The molecule has 2 aliphatic carbocycles. The Morgan fingerprint density at radius 1 is 1.21 bits per heavy atom. The van der Waals surface area contributed by atoms with Crippen LogP contribution in [0.3, 0.4) is 0 Å². The lowest BCUT2D eigenvalue weighted by Crippen LogP contribution is -2.43. The maximum atomic E-state index is 11.8. The van der Waals surface area contributed by atoms with Crippen LogP contribution in [0.1, 0.15) is 32.6 Å². The second kappa shape index (κ2) is 3.68. The summed E-state index contributed by atoms with van der Waals surface area (Å²) in [6.07, 6.45) is 7.41. The molecule has 0 aromatic carbocycles. The van der Waals surface area contributed by atoms with Crippen LogP contribution in [0.4, 0.5) is 0 Å². The number of rotatable bonds is 1. The Hall–Kier alpha value is -0.920. The minimum Gasteiger partial charge on any atom is -0.299 e. The molecule has 0 aliphatic heterocycles. The molecule has 14 heavy (non-hydrogen) atoms. The summed E-state index contributed by atoms with van der Waals surface area (Å²) in [4.78, 5) is 23.5. The number of carbonyl (C=O) groups excluding carboxylic acids is 2. The van der Waals surface area contributed by atoms with Crippen molar-refractivity contribution < 1.29 is 9.59 Å². The van der Waals surface area contributed by atoms with Gasteiger partial charge >= 0.3 is 0 Å². The van der Waals surface area contributed by atoms with Crippen molar-refractivity contribution in [3.05, 3.63) is 12.2 Å². The summed E-state index contributed by atoms with van der Waals surface area (Å²) in [5, 5.41) is 0. The van der Waals surface area contributed by atoms with Crippen LogP contribution in [0.5, 0.6) is 0 Å². The van der Waals surface area contributed by atoms with Crippen molar-refractivity contribution in [1.29, 1.82) is 0 Å². The summed E-state index contributed by atoms with van der Waals surface area (Å²) < 4.78 is 0. The van der Waals surface area contributed by atoms with E-state index in [-0.39, 0.29) is 29.3 Å². The molecule has 2 saturated carbocycles. The smallest absolute Gasteiger partial charge is 0.147 e. The van der Waals surface area contributed by atoms with Gasteiger partial charge in [-0.25, -0.2) is 0 Å². The fourth-order valence-electron chi connectivity index (χ4n) is 2.78. The molecule has 2 fully saturated rings. The van der Waals surface area contributed by atoms with Crippen LogP contribution in [-0.4, -0.2) is 11.6 Å². The number of carbonyl (C=O) groups is 2. The summed E-state index contributed by atoms with van der Waals surface area (Å²) >= 11 is 0. The quantitative estimate of drug-likeness (QED) is 0.471. The Morgan fingerprint density at radius 3 is 2.71 bits per heavy atom. The van der Waals surface area contributed by atoms with Crippen molar-refractivity contribution in [2.75, 3.05) is 0 Å². The van der Waals surface area contributed by atoms with Gasteiger partial charge in [0.15, 0.2) is 0 Å². The molecule has 0 aromatic heterocycles. The first kappa shape index (κ1) is 9.63. The molecule has 0 aromatic rings. The summed E-state index contributed by atoms with van der Waals surface area (Å²) in [6, 6.07) is 0. The Bertz CT molecular complexity index is 291. The Labute approximate surface area is 84.4 Å². The van der Waals surface area contributed by atoms with Gasteiger partial charge in [0, 0.05) is 12.3 Å². The maximum Gasteiger partial charge on any atom is 0.147 e. The molecule has 2 nitrogen and oxygen atoms in total. The van der Waals surface area contributed by atoms with Gasteiger partial charge < -0.3 is 0 Å². The van der Waals surface area contributed by atoms with E-state index in [1.165, 1.54) is 0 Å². The van der Waals surface area contributed by atoms with E-state index >= 15 is 0 Å². The predicted octanol–water partition coefficient (Wildman–Crippen LogP) is 2.14. The second-order valence-electron chi connectivity index (χ2n) is 4.35. The van der Waals surface area contributed by atoms with Crippen molar-refractivity contribution >= 4 is 11.6 Å². The van der Waals surface area contributed by atoms with E-state index in [0.29, 0.717) is 6.42 Å². The lowest BCUT2D eigenvalue weighted by Gasteiger charge is -2.36. The molecule has 76 valence electrons. The van der Waals surface area contributed by atoms with Crippen LogP contribution in [0.15, 0.2) is 12.2 Å². The Kier molecular flexibility index (Phi) is 2.53.